The lowest BCUT2D eigenvalue weighted by Gasteiger charge is -2.41. The van der Waals surface area contributed by atoms with E-state index in [1.807, 2.05) is 0 Å². The van der Waals surface area contributed by atoms with Crippen LogP contribution in [0.15, 0.2) is 6.07 Å². The lowest BCUT2D eigenvalue weighted by molar-refractivity contribution is 0.234. The van der Waals surface area contributed by atoms with Crippen molar-refractivity contribution in [1.82, 2.24) is 0 Å². The number of hydrogen-bond donors (Lipinski definition) is 1. The van der Waals surface area contributed by atoms with Gasteiger partial charge in [0.05, 0.1) is 0 Å². The summed E-state index contributed by atoms with van der Waals surface area (Å²) < 4.78 is 0. The zero-order chi connectivity index (χ0) is 10.3. The summed E-state index contributed by atoms with van der Waals surface area (Å²) >= 11 is 2.09. The number of thiophene rings is 1. The van der Waals surface area contributed by atoms with Crippen LogP contribution in [0, 0.1) is 0 Å². The minimum absolute atomic E-state index is 0.504. The van der Waals surface area contributed by atoms with Gasteiger partial charge in [0, 0.05) is 15.2 Å². The van der Waals surface area contributed by atoms with Crippen LogP contribution in [0.4, 0.5) is 0 Å². The summed E-state index contributed by atoms with van der Waals surface area (Å²) in [7, 11) is 0. The van der Waals surface area contributed by atoms with E-state index in [-0.39, 0.29) is 0 Å². The monoisotopic (exact) mass is 221 g/mol. The third kappa shape index (κ3) is 1.46. The molecule has 1 aromatic heterocycles. The minimum atomic E-state index is 0.504. The molecule has 1 saturated carbocycles. The molecule has 0 radical (unpaired) electrons. The normalized spacial score (nSPS) is 22.5. The molecule has 0 aromatic carbocycles. The lowest BCUT2D eigenvalue weighted by atomic mass is 9.65. The van der Waals surface area contributed by atoms with Crippen molar-refractivity contribution in [3.8, 4) is 0 Å². The highest BCUT2D eigenvalue weighted by atomic mass is 32.1. The Bertz CT molecular complexity index is 341. The van der Waals surface area contributed by atoms with E-state index in [4.69, 9.17) is 5.73 Å². The van der Waals surface area contributed by atoms with Gasteiger partial charge >= 0.3 is 0 Å². The molecule has 0 spiro atoms. The minimum Gasteiger partial charge on any atom is -0.330 e. The smallest absolute Gasteiger partial charge is 0.0113 e. The summed E-state index contributed by atoms with van der Waals surface area (Å²) in [4.78, 5) is 3.33. The van der Waals surface area contributed by atoms with Gasteiger partial charge in [-0.15, -0.1) is 11.3 Å². The first kappa shape index (κ1) is 9.86. The van der Waals surface area contributed by atoms with E-state index in [1.54, 1.807) is 15.3 Å². The van der Waals surface area contributed by atoms with Gasteiger partial charge in [-0.3, -0.25) is 0 Å². The molecule has 2 heteroatoms. The fourth-order valence-corrected chi connectivity index (χ4v) is 4.62. The maximum Gasteiger partial charge on any atom is 0.0113 e. The summed E-state index contributed by atoms with van der Waals surface area (Å²) in [5.74, 6) is 0. The molecule has 0 aliphatic heterocycles. The first-order valence-corrected chi connectivity index (χ1v) is 6.98. The SMILES string of the molecule is NCCC1(c2cc3c(s2)CCC3)CCC1. The van der Waals surface area contributed by atoms with Gasteiger partial charge < -0.3 is 5.73 Å². The molecule has 0 amide bonds. The quantitative estimate of drug-likeness (QED) is 0.834. The van der Waals surface area contributed by atoms with Crippen molar-refractivity contribution in [3.05, 3.63) is 21.4 Å². The molecule has 2 N–H and O–H groups in total. The molecule has 15 heavy (non-hydrogen) atoms. The average Bonchev–Trinajstić information content (AvgIpc) is 2.70. The first-order chi connectivity index (χ1) is 7.34. The topological polar surface area (TPSA) is 26.0 Å². The molecule has 1 aromatic rings. The van der Waals surface area contributed by atoms with Gasteiger partial charge in [-0.2, -0.15) is 0 Å². The molecule has 1 heterocycles. The van der Waals surface area contributed by atoms with Crippen LogP contribution >= 0.6 is 11.3 Å². The lowest BCUT2D eigenvalue weighted by Crippen LogP contribution is -2.35. The van der Waals surface area contributed by atoms with Gasteiger partial charge in [-0.05, 0) is 56.7 Å². The van der Waals surface area contributed by atoms with Crippen molar-refractivity contribution < 1.29 is 0 Å². The fraction of sp³-hybridized carbons (Fsp3) is 0.692. The maximum atomic E-state index is 5.76. The van der Waals surface area contributed by atoms with E-state index >= 15 is 0 Å². The number of nitrogens with two attached hydrogens (primary N) is 1. The van der Waals surface area contributed by atoms with Gasteiger partial charge in [0.2, 0.25) is 0 Å². The molecule has 1 nitrogen and oxygen atoms in total. The Balaban J connectivity index is 1.90. The van der Waals surface area contributed by atoms with Crippen LogP contribution in [0.5, 0.6) is 0 Å². The zero-order valence-corrected chi connectivity index (χ0v) is 10.0. The van der Waals surface area contributed by atoms with Gasteiger partial charge in [-0.25, -0.2) is 0 Å². The number of aryl methyl sites for hydroxylation is 2. The standard InChI is InChI=1S/C13H19NS/c14-8-7-13(5-2-6-13)12-9-10-3-1-4-11(10)15-12/h9H,1-8,14H2. The number of fused-ring (bicyclic) bond motifs is 1. The van der Waals surface area contributed by atoms with Gasteiger partial charge in [-0.1, -0.05) is 6.42 Å². The molecular formula is C13H19NS. The summed E-state index contributed by atoms with van der Waals surface area (Å²) in [5, 5.41) is 0. The number of hydrogen-bond acceptors (Lipinski definition) is 2. The highest BCUT2D eigenvalue weighted by molar-refractivity contribution is 7.12. The van der Waals surface area contributed by atoms with E-state index in [2.05, 4.69) is 17.4 Å². The van der Waals surface area contributed by atoms with Gasteiger partial charge in [0.1, 0.15) is 0 Å². The molecule has 0 bridgehead atoms. The first-order valence-electron chi connectivity index (χ1n) is 6.16. The second-order valence-corrected chi connectivity index (χ2v) is 6.22. The largest absolute Gasteiger partial charge is 0.330 e. The second-order valence-electron chi connectivity index (χ2n) is 5.09. The molecule has 0 atom stereocenters. The third-order valence-electron chi connectivity index (χ3n) is 4.20. The van der Waals surface area contributed by atoms with E-state index < -0.39 is 0 Å². The van der Waals surface area contributed by atoms with Crippen LogP contribution in [-0.4, -0.2) is 6.54 Å². The molecule has 0 unspecified atom stereocenters. The summed E-state index contributed by atoms with van der Waals surface area (Å²) in [6, 6.07) is 2.50. The van der Waals surface area contributed by atoms with Crippen LogP contribution < -0.4 is 5.73 Å². The van der Waals surface area contributed by atoms with Crippen molar-refractivity contribution in [3.63, 3.8) is 0 Å². The Labute approximate surface area is 95.7 Å². The van der Waals surface area contributed by atoms with Crippen LogP contribution in [0.1, 0.15) is 47.4 Å². The van der Waals surface area contributed by atoms with Crippen LogP contribution in [0.2, 0.25) is 0 Å². The molecule has 82 valence electrons. The van der Waals surface area contributed by atoms with E-state index in [1.165, 1.54) is 44.9 Å². The van der Waals surface area contributed by atoms with E-state index in [0.717, 1.165) is 6.54 Å². The molecule has 1 fully saturated rings. The van der Waals surface area contributed by atoms with Crippen LogP contribution in [-0.2, 0) is 18.3 Å². The molecule has 0 saturated heterocycles. The van der Waals surface area contributed by atoms with E-state index in [0.29, 0.717) is 5.41 Å². The highest BCUT2D eigenvalue weighted by Crippen LogP contribution is 2.50. The van der Waals surface area contributed by atoms with Crippen molar-refractivity contribution in [2.24, 2.45) is 5.73 Å². The summed E-state index contributed by atoms with van der Waals surface area (Å²) in [6.07, 6.45) is 9.40. The van der Waals surface area contributed by atoms with Crippen molar-refractivity contribution >= 4 is 11.3 Å². The molecule has 2 aliphatic carbocycles. The molecular weight excluding hydrogens is 202 g/mol. The predicted octanol–water partition coefficient (Wildman–Crippen LogP) is 3.01. The molecule has 3 rings (SSSR count). The van der Waals surface area contributed by atoms with E-state index in [9.17, 15) is 0 Å². The average molecular weight is 221 g/mol. The van der Waals surface area contributed by atoms with Crippen molar-refractivity contribution in [2.45, 2.75) is 50.4 Å². The zero-order valence-electron chi connectivity index (χ0n) is 9.22. The second kappa shape index (κ2) is 3.60. The Morgan fingerprint density at radius 3 is 2.73 bits per heavy atom. The van der Waals surface area contributed by atoms with Crippen LogP contribution in [0.3, 0.4) is 0 Å². The number of rotatable bonds is 3. The Morgan fingerprint density at radius 2 is 2.13 bits per heavy atom. The van der Waals surface area contributed by atoms with Crippen LogP contribution in [0.25, 0.3) is 0 Å². The fourth-order valence-electron chi connectivity index (χ4n) is 3.09. The van der Waals surface area contributed by atoms with Crippen molar-refractivity contribution in [2.75, 3.05) is 6.54 Å². The Kier molecular flexibility index (Phi) is 2.37. The van der Waals surface area contributed by atoms with Gasteiger partial charge in [0.25, 0.3) is 0 Å². The Hall–Kier alpha value is -0.340. The van der Waals surface area contributed by atoms with Crippen molar-refractivity contribution in [1.29, 1.82) is 0 Å². The third-order valence-corrected chi connectivity index (χ3v) is 5.69. The molecule has 2 aliphatic rings. The Morgan fingerprint density at radius 1 is 1.27 bits per heavy atom. The summed E-state index contributed by atoms with van der Waals surface area (Å²) in [6.45, 7) is 0.850. The highest BCUT2D eigenvalue weighted by Gasteiger charge is 2.39. The predicted molar refractivity (Wildman–Crippen MR) is 65.5 cm³/mol. The van der Waals surface area contributed by atoms with Gasteiger partial charge in [0.15, 0.2) is 0 Å². The summed E-state index contributed by atoms with van der Waals surface area (Å²) in [5.41, 5.74) is 7.91. The maximum absolute atomic E-state index is 5.76.